The topological polar surface area (TPSA) is 62.3 Å². The third-order valence-corrected chi connectivity index (χ3v) is 7.80. The Bertz CT molecular complexity index is 970. The molecule has 1 fully saturated rings. The van der Waals surface area contributed by atoms with Crippen LogP contribution < -0.4 is 9.62 Å². The number of pyridine rings is 1. The lowest BCUT2D eigenvalue weighted by Gasteiger charge is -2.29. The van der Waals surface area contributed by atoms with Gasteiger partial charge in [-0.1, -0.05) is 6.07 Å². The summed E-state index contributed by atoms with van der Waals surface area (Å²) in [6, 6.07) is 6.50. The van der Waals surface area contributed by atoms with Crippen LogP contribution >= 0.6 is 0 Å². The van der Waals surface area contributed by atoms with Gasteiger partial charge in [0, 0.05) is 48.4 Å². The summed E-state index contributed by atoms with van der Waals surface area (Å²) in [4.78, 5) is 18.3. The number of nitrogens with one attached hydrogen (secondary N) is 1. The number of aryl methyl sites for hydroxylation is 1. The van der Waals surface area contributed by atoms with E-state index in [9.17, 15) is 9.00 Å². The number of carbonyl (C=O) groups is 1. The van der Waals surface area contributed by atoms with E-state index < -0.39 is 11.0 Å². The van der Waals surface area contributed by atoms with Crippen molar-refractivity contribution in [2.75, 3.05) is 11.9 Å². The second-order valence-corrected chi connectivity index (χ2v) is 9.61. The van der Waals surface area contributed by atoms with E-state index in [-0.39, 0.29) is 11.9 Å². The number of anilines is 1. The molecule has 28 heavy (non-hydrogen) atoms. The van der Waals surface area contributed by atoms with E-state index in [1.165, 1.54) is 22.3 Å². The van der Waals surface area contributed by atoms with Gasteiger partial charge in [0.05, 0.1) is 11.0 Å². The van der Waals surface area contributed by atoms with Gasteiger partial charge in [0.2, 0.25) is 5.91 Å². The molecular weight excluding hydrogens is 370 g/mol. The molecule has 0 radical (unpaired) electrons. The van der Waals surface area contributed by atoms with E-state index in [0.29, 0.717) is 11.7 Å². The van der Waals surface area contributed by atoms with E-state index >= 15 is 0 Å². The lowest BCUT2D eigenvalue weighted by molar-refractivity contribution is -0.118. The average molecular weight is 396 g/mol. The number of amides is 1. The van der Waals surface area contributed by atoms with Crippen LogP contribution in [0.2, 0.25) is 0 Å². The summed E-state index contributed by atoms with van der Waals surface area (Å²) in [5.74, 6) is 0.177. The molecule has 5 nitrogen and oxygen atoms in total. The molecule has 2 unspecified atom stereocenters. The zero-order chi connectivity index (χ0) is 19.3. The van der Waals surface area contributed by atoms with E-state index in [2.05, 4.69) is 27.9 Å². The van der Waals surface area contributed by atoms with E-state index in [0.717, 1.165) is 49.8 Å². The zero-order valence-corrected chi connectivity index (χ0v) is 16.9. The molecule has 1 aromatic carbocycles. The molecule has 2 aromatic rings. The highest BCUT2D eigenvalue weighted by molar-refractivity contribution is 7.84. The fraction of sp³-hybridized carbons (Fsp3) is 0.455. The number of benzene rings is 1. The van der Waals surface area contributed by atoms with Crippen LogP contribution in [0.5, 0.6) is 0 Å². The molecule has 0 spiro atoms. The van der Waals surface area contributed by atoms with E-state index in [1.807, 2.05) is 19.4 Å². The van der Waals surface area contributed by atoms with E-state index in [1.54, 1.807) is 4.90 Å². The van der Waals surface area contributed by atoms with Crippen molar-refractivity contribution in [3.63, 3.8) is 0 Å². The Kier molecular flexibility index (Phi) is 4.56. The minimum Gasteiger partial charge on any atom is -0.315 e. The van der Waals surface area contributed by atoms with Crippen LogP contribution in [0.3, 0.4) is 0 Å². The largest absolute Gasteiger partial charge is 0.315 e. The van der Waals surface area contributed by atoms with Crippen molar-refractivity contribution >= 4 is 22.6 Å². The fourth-order valence-corrected chi connectivity index (χ4v) is 5.72. The monoisotopic (exact) mass is 395 g/mol. The Balaban J connectivity index is 1.50. The summed E-state index contributed by atoms with van der Waals surface area (Å²) >= 11 is 0. The summed E-state index contributed by atoms with van der Waals surface area (Å²) in [6.07, 6.45) is 10.5. The van der Waals surface area contributed by atoms with Crippen LogP contribution in [-0.4, -0.2) is 27.4 Å². The molecule has 3 aliphatic rings. The Morgan fingerprint density at radius 1 is 1.14 bits per heavy atom. The minimum absolute atomic E-state index is 0.124. The molecule has 2 atom stereocenters. The zero-order valence-electron chi connectivity index (χ0n) is 16.1. The molecule has 0 saturated heterocycles. The van der Waals surface area contributed by atoms with Gasteiger partial charge in [0.1, 0.15) is 0 Å². The van der Waals surface area contributed by atoms with Gasteiger partial charge in [0.15, 0.2) is 0 Å². The number of aromatic nitrogens is 1. The van der Waals surface area contributed by atoms with Crippen LogP contribution in [0.4, 0.5) is 5.69 Å². The van der Waals surface area contributed by atoms with Crippen molar-refractivity contribution in [1.29, 1.82) is 0 Å². The predicted octanol–water partition coefficient (Wildman–Crippen LogP) is 3.45. The van der Waals surface area contributed by atoms with Crippen molar-refractivity contribution < 1.29 is 9.00 Å². The van der Waals surface area contributed by atoms with Crippen LogP contribution in [0.1, 0.15) is 54.8 Å². The first-order valence-corrected chi connectivity index (χ1v) is 11.4. The molecular formula is C22H25N3O2S. The van der Waals surface area contributed by atoms with Gasteiger partial charge in [-0.3, -0.25) is 9.78 Å². The number of nitrogens with zero attached hydrogens (tertiary/aromatic N) is 2. The molecule has 1 saturated carbocycles. The van der Waals surface area contributed by atoms with Crippen molar-refractivity contribution in [2.24, 2.45) is 0 Å². The van der Waals surface area contributed by atoms with Gasteiger partial charge in [-0.15, -0.1) is 0 Å². The van der Waals surface area contributed by atoms with Crippen LogP contribution in [0.25, 0.3) is 11.1 Å². The Hall–Kier alpha value is -2.05. The second-order valence-electron chi connectivity index (χ2n) is 8.11. The van der Waals surface area contributed by atoms with Gasteiger partial charge in [-0.25, -0.2) is 8.93 Å². The van der Waals surface area contributed by atoms with Crippen molar-refractivity contribution in [3.05, 3.63) is 47.3 Å². The van der Waals surface area contributed by atoms with Gasteiger partial charge in [-0.2, -0.15) is 0 Å². The highest BCUT2D eigenvalue weighted by atomic mass is 32.2. The molecule has 0 bridgehead atoms. The summed E-state index contributed by atoms with van der Waals surface area (Å²) in [5.41, 5.74) is 7.09. The second kappa shape index (κ2) is 7.08. The first-order valence-electron chi connectivity index (χ1n) is 10.1. The number of rotatable bonds is 4. The summed E-state index contributed by atoms with van der Waals surface area (Å²) < 4.78 is 15.8. The molecule has 2 heterocycles. The third-order valence-electron chi connectivity index (χ3n) is 6.21. The Morgan fingerprint density at radius 3 is 2.82 bits per heavy atom. The highest BCUT2D eigenvalue weighted by Crippen LogP contribution is 2.38. The number of hydrogen-bond donors (Lipinski definition) is 1. The van der Waals surface area contributed by atoms with Crippen LogP contribution in [0.15, 0.2) is 30.6 Å². The molecule has 5 rings (SSSR count). The third kappa shape index (κ3) is 3.18. The molecule has 2 aliphatic carbocycles. The van der Waals surface area contributed by atoms with Gasteiger partial charge < -0.3 is 4.90 Å². The maximum absolute atomic E-state index is 12.4. The van der Waals surface area contributed by atoms with Crippen molar-refractivity contribution in [3.8, 4) is 11.1 Å². The summed E-state index contributed by atoms with van der Waals surface area (Å²) in [7, 11) is 0.908. The average Bonchev–Trinajstić information content (AvgIpc) is 3.56. The molecule has 1 N–H and O–H groups in total. The van der Waals surface area contributed by atoms with Crippen molar-refractivity contribution in [2.45, 2.75) is 56.2 Å². The van der Waals surface area contributed by atoms with Gasteiger partial charge in [-0.05, 0) is 72.9 Å². The predicted molar refractivity (Wildman–Crippen MR) is 111 cm³/mol. The molecule has 146 valence electrons. The molecule has 1 aromatic heterocycles. The number of carbonyl (C=O) groups excluding carboxylic acids is 1. The van der Waals surface area contributed by atoms with Gasteiger partial charge in [0.25, 0.3) is 0 Å². The SMILES string of the molecule is CN1C(=O)CCc2cc(-c3cncc4c3CCCC4NS(=O)C3CC3)ccc21. The van der Waals surface area contributed by atoms with Crippen LogP contribution in [-0.2, 0) is 28.6 Å². The highest BCUT2D eigenvalue weighted by Gasteiger charge is 2.32. The lowest BCUT2D eigenvalue weighted by Crippen LogP contribution is -2.31. The summed E-state index contributed by atoms with van der Waals surface area (Å²) in [5, 5.41) is 0.335. The van der Waals surface area contributed by atoms with E-state index in [4.69, 9.17) is 0 Å². The quantitative estimate of drug-likeness (QED) is 0.862. The van der Waals surface area contributed by atoms with Gasteiger partial charge >= 0.3 is 0 Å². The number of hydrogen-bond acceptors (Lipinski definition) is 3. The molecule has 6 heteroatoms. The Morgan fingerprint density at radius 2 is 2.00 bits per heavy atom. The first-order chi connectivity index (χ1) is 13.6. The fourth-order valence-electron chi connectivity index (χ4n) is 4.44. The normalized spacial score (nSPS) is 22.5. The standard InChI is InChI=1S/C22H25N3O2S/c1-25-21-9-5-14(11-15(21)6-10-22(25)26)18-12-23-13-19-17(18)3-2-4-20(19)24-28(27)16-7-8-16/h5,9,11-13,16,20,24H,2-4,6-8,10H2,1H3. The maximum atomic E-state index is 12.4. The lowest BCUT2D eigenvalue weighted by atomic mass is 9.84. The minimum atomic E-state index is -0.941. The maximum Gasteiger partial charge on any atom is 0.227 e. The smallest absolute Gasteiger partial charge is 0.227 e. The van der Waals surface area contributed by atoms with Crippen molar-refractivity contribution in [1.82, 2.24) is 9.71 Å². The number of fused-ring (bicyclic) bond motifs is 2. The molecule has 1 aliphatic heterocycles. The molecule has 1 amide bonds. The summed E-state index contributed by atoms with van der Waals surface area (Å²) in [6.45, 7) is 0. The van der Waals surface area contributed by atoms with Crippen LogP contribution in [0, 0.1) is 0 Å². The Labute approximate surface area is 168 Å². The first kappa shape index (κ1) is 18.0.